The number of carboxylic acid groups (broad SMARTS) is 1. The Morgan fingerprint density at radius 1 is 1.57 bits per heavy atom. The monoisotopic (exact) mass is 295 g/mol. The van der Waals surface area contributed by atoms with Crippen molar-refractivity contribution in [3.05, 3.63) is 27.9 Å². The molecule has 114 valence electrons. The van der Waals surface area contributed by atoms with Crippen molar-refractivity contribution in [2.45, 2.75) is 12.8 Å². The molecule has 1 aliphatic heterocycles. The van der Waals surface area contributed by atoms with E-state index < -0.39 is 10.9 Å². The van der Waals surface area contributed by atoms with Crippen LogP contribution in [-0.4, -0.2) is 47.8 Å². The summed E-state index contributed by atoms with van der Waals surface area (Å²) in [6, 6.07) is 1.05. The first-order chi connectivity index (χ1) is 9.99. The molecule has 0 bridgehead atoms. The molecule has 0 aromatic carbocycles. The molecule has 1 aliphatic rings. The van der Waals surface area contributed by atoms with Crippen LogP contribution in [0.3, 0.4) is 0 Å². The number of ether oxygens (including phenoxy) is 1. The third kappa shape index (κ3) is 3.66. The fourth-order valence-electron chi connectivity index (χ4n) is 2.41. The van der Waals surface area contributed by atoms with Crippen molar-refractivity contribution in [1.29, 1.82) is 0 Å². The van der Waals surface area contributed by atoms with Gasteiger partial charge in [-0.05, 0) is 18.8 Å². The maximum absolute atomic E-state index is 11.3. The Morgan fingerprint density at radius 2 is 2.24 bits per heavy atom. The van der Waals surface area contributed by atoms with Crippen molar-refractivity contribution in [1.82, 2.24) is 4.98 Å². The molecule has 8 heteroatoms. The van der Waals surface area contributed by atoms with Gasteiger partial charge in [-0.1, -0.05) is 0 Å². The Morgan fingerprint density at radius 3 is 2.81 bits per heavy atom. The molecule has 0 saturated carbocycles. The minimum absolute atomic E-state index is 0.154. The van der Waals surface area contributed by atoms with Crippen LogP contribution in [-0.2, 0) is 4.74 Å². The minimum Gasteiger partial charge on any atom is -0.478 e. The number of aromatic carboxylic acids is 1. The van der Waals surface area contributed by atoms with Crippen LogP contribution in [0.15, 0.2) is 12.3 Å². The normalized spacial score (nSPS) is 15.7. The largest absolute Gasteiger partial charge is 0.478 e. The summed E-state index contributed by atoms with van der Waals surface area (Å²) >= 11 is 0. The van der Waals surface area contributed by atoms with E-state index in [-0.39, 0.29) is 17.1 Å². The van der Waals surface area contributed by atoms with E-state index in [1.165, 1.54) is 0 Å². The fourth-order valence-corrected chi connectivity index (χ4v) is 2.41. The first-order valence-corrected chi connectivity index (χ1v) is 6.65. The van der Waals surface area contributed by atoms with Crippen LogP contribution in [0.4, 0.5) is 11.5 Å². The number of anilines is 1. The number of nitro groups is 1. The first-order valence-electron chi connectivity index (χ1n) is 6.65. The molecule has 8 nitrogen and oxygen atoms in total. The zero-order valence-corrected chi connectivity index (χ0v) is 11.7. The highest BCUT2D eigenvalue weighted by Gasteiger charge is 2.22. The van der Waals surface area contributed by atoms with Crippen molar-refractivity contribution in [2.75, 3.05) is 31.7 Å². The molecule has 2 heterocycles. The van der Waals surface area contributed by atoms with E-state index in [1.807, 2.05) is 0 Å². The van der Waals surface area contributed by atoms with E-state index in [0.717, 1.165) is 25.1 Å². The van der Waals surface area contributed by atoms with Gasteiger partial charge in [0.25, 0.3) is 5.69 Å². The highest BCUT2D eigenvalue weighted by atomic mass is 16.6. The second-order valence-electron chi connectivity index (χ2n) is 5.06. The summed E-state index contributed by atoms with van der Waals surface area (Å²) in [4.78, 5) is 27.0. The van der Waals surface area contributed by atoms with Gasteiger partial charge in [0, 0.05) is 32.9 Å². The Bertz CT molecular complexity index is 543. The molecule has 21 heavy (non-hydrogen) atoms. The molecule has 0 aliphatic carbocycles. The number of hydrogen-bond acceptors (Lipinski definition) is 6. The quantitative estimate of drug-likeness (QED) is 0.648. The number of aromatic nitrogens is 1. The smallest absolute Gasteiger partial charge is 0.339 e. The van der Waals surface area contributed by atoms with Crippen LogP contribution in [0, 0.1) is 16.0 Å². The molecule has 0 amide bonds. The molecular formula is C13H17N3O5. The van der Waals surface area contributed by atoms with Crippen LogP contribution in [0.2, 0.25) is 0 Å². The average Bonchev–Trinajstić information content (AvgIpc) is 2.47. The van der Waals surface area contributed by atoms with E-state index >= 15 is 0 Å². The lowest BCUT2D eigenvalue weighted by atomic mass is 10.00. The lowest BCUT2D eigenvalue weighted by Crippen LogP contribution is -2.31. The molecular weight excluding hydrogens is 278 g/mol. The van der Waals surface area contributed by atoms with Gasteiger partial charge >= 0.3 is 5.97 Å². The number of rotatable bonds is 5. The van der Waals surface area contributed by atoms with Gasteiger partial charge in [0.05, 0.1) is 4.92 Å². The Kier molecular flexibility index (Phi) is 4.69. The van der Waals surface area contributed by atoms with Gasteiger partial charge in [-0.25, -0.2) is 9.78 Å². The average molecular weight is 295 g/mol. The van der Waals surface area contributed by atoms with Crippen molar-refractivity contribution in [3.63, 3.8) is 0 Å². The van der Waals surface area contributed by atoms with Crippen molar-refractivity contribution >= 4 is 17.5 Å². The maximum atomic E-state index is 11.3. The molecule has 0 unspecified atom stereocenters. The molecule has 2 rings (SSSR count). The number of nitrogens with zero attached hydrogens (tertiary/aromatic N) is 3. The van der Waals surface area contributed by atoms with Gasteiger partial charge in [0.15, 0.2) is 0 Å². The highest BCUT2D eigenvalue weighted by Crippen LogP contribution is 2.24. The van der Waals surface area contributed by atoms with E-state index in [9.17, 15) is 20.0 Å². The van der Waals surface area contributed by atoms with E-state index in [1.54, 1.807) is 11.9 Å². The maximum Gasteiger partial charge on any atom is 0.339 e. The summed E-state index contributed by atoms with van der Waals surface area (Å²) in [5, 5.41) is 19.9. The number of hydrogen-bond donors (Lipinski definition) is 1. The summed E-state index contributed by atoms with van der Waals surface area (Å²) in [6.07, 6.45) is 2.92. The third-order valence-corrected chi connectivity index (χ3v) is 3.53. The molecule has 0 atom stereocenters. The fraction of sp³-hybridized carbons (Fsp3) is 0.538. The molecule has 1 fully saturated rings. The minimum atomic E-state index is -1.22. The van der Waals surface area contributed by atoms with Gasteiger partial charge < -0.3 is 14.7 Å². The molecule has 1 saturated heterocycles. The van der Waals surface area contributed by atoms with Gasteiger partial charge in [0.2, 0.25) is 0 Å². The standard InChI is InChI=1S/C13H17N3O5/c1-15(8-9-2-4-21-5-3-9)12-11(13(17)18)6-10(7-14-12)16(19)20/h6-7,9H,2-5,8H2,1H3,(H,17,18). The molecule has 0 spiro atoms. The SMILES string of the molecule is CN(CC1CCOCC1)c1ncc([N+](=O)[O-])cc1C(=O)O. The lowest BCUT2D eigenvalue weighted by molar-refractivity contribution is -0.385. The van der Waals surface area contributed by atoms with Crippen molar-refractivity contribution in [3.8, 4) is 0 Å². The zero-order valence-electron chi connectivity index (χ0n) is 11.7. The van der Waals surface area contributed by atoms with E-state index in [4.69, 9.17) is 4.74 Å². The zero-order chi connectivity index (χ0) is 15.4. The number of pyridine rings is 1. The summed E-state index contributed by atoms with van der Waals surface area (Å²) in [6.45, 7) is 2.06. The topological polar surface area (TPSA) is 106 Å². The van der Waals surface area contributed by atoms with E-state index in [2.05, 4.69) is 4.98 Å². The van der Waals surface area contributed by atoms with Gasteiger partial charge in [-0.15, -0.1) is 0 Å². The van der Waals surface area contributed by atoms with Crippen LogP contribution in [0.25, 0.3) is 0 Å². The van der Waals surface area contributed by atoms with Crippen LogP contribution >= 0.6 is 0 Å². The Balaban J connectivity index is 2.20. The van der Waals surface area contributed by atoms with Crippen molar-refractivity contribution in [2.24, 2.45) is 5.92 Å². The van der Waals surface area contributed by atoms with Crippen LogP contribution in [0.5, 0.6) is 0 Å². The predicted molar refractivity (Wildman–Crippen MR) is 74.7 cm³/mol. The van der Waals surface area contributed by atoms with Crippen LogP contribution < -0.4 is 4.90 Å². The second-order valence-corrected chi connectivity index (χ2v) is 5.06. The molecule has 1 aromatic rings. The van der Waals surface area contributed by atoms with Crippen molar-refractivity contribution < 1.29 is 19.6 Å². The molecule has 0 radical (unpaired) electrons. The highest BCUT2D eigenvalue weighted by molar-refractivity contribution is 5.94. The first kappa shape index (κ1) is 15.2. The summed E-state index contributed by atoms with van der Waals surface area (Å²) < 4.78 is 5.29. The summed E-state index contributed by atoms with van der Waals surface area (Å²) in [5.74, 6) is -0.568. The summed E-state index contributed by atoms with van der Waals surface area (Å²) in [7, 11) is 1.75. The predicted octanol–water partition coefficient (Wildman–Crippen LogP) is 1.55. The Hall–Kier alpha value is -2.22. The third-order valence-electron chi connectivity index (χ3n) is 3.53. The number of carboxylic acids is 1. The van der Waals surface area contributed by atoms with E-state index in [0.29, 0.717) is 25.7 Å². The number of carbonyl (C=O) groups is 1. The molecule has 1 aromatic heterocycles. The van der Waals surface area contributed by atoms with Gasteiger partial charge in [0.1, 0.15) is 17.6 Å². The van der Waals surface area contributed by atoms with Gasteiger partial charge in [-0.2, -0.15) is 0 Å². The summed E-state index contributed by atoms with van der Waals surface area (Å²) in [5.41, 5.74) is -0.477. The molecule has 1 N–H and O–H groups in total. The second kappa shape index (κ2) is 6.49. The van der Waals surface area contributed by atoms with Gasteiger partial charge in [-0.3, -0.25) is 10.1 Å². The van der Waals surface area contributed by atoms with Crippen LogP contribution in [0.1, 0.15) is 23.2 Å². The lowest BCUT2D eigenvalue weighted by Gasteiger charge is -2.28. The Labute approximate surface area is 121 Å².